The van der Waals surface area contributed by atoms with E-state index in [0.717, 1.165) is 25.7 Å². The Morgan fingerprint density at radius 1 is 0.586 bits per heavy atom. The molecule has 0 rings (SSSR count). The molecule has 4 nitrogen and oxygen atoms in total. The Morgan fingerprint density at radius 2 is 0.966 bits per heavy atom. The highest BCUT2D eigenvalue weighted by Crippen LogP contribution is 2.08. The summed E-state index contributed by atoms with van der Waals surface area (Å²) >= 11 is 0. The van der Waals surface area contributed by atoms with E-state index in [2.05, 4.69) is 39.8 Å². The molecule has 0 aliphatic rings. The molecule has 0 spiro atoms. The molecule has 0 aromatic carbocycles. The summed E-state index contributed by atoms with van der Waals surface area (Å²) in [5.41, 5.74) is 5.05. The summed E-state index contributed by atoms with van der Waals surface area (Å²) in [5, 5.41) is 0. The Kier molecular flexibility index (Phi) is 15.6. The van der Waals surface area contributed by atoms with Crippen molar-refractivity contribution in [2.75, 3.05) is 13.2 Å². The van der Waals surface area contributed by atoms with Gasteiger partial charge in [0.05, 0.1) is 0 Å². The zero-order valence-electron chi connectivity index (χ0n) is 19.3. The Morgan fingerprint density at radius 3 is 1.31 bits per heavy atom. The van der Waals surface area contributed by atoms with E-state index >= 15 is 0 Å². The van der Waals surface area contributed by atoms with Gasteiger partial charge in [0.25, 0.3) is 0 Å². The Labute approximate surface area is 177 Å². The molecule has 0 N–H and O–H groups in total. The van der Waals surface area contributed by atoms with E-state index in [-0.39, 0.29) is 24.8 Å². The highest BCUT2D eigenvalue weighted by Gasteiger charge is 2.06. The van der Waals surface area contributed by atoms with Crippen LogP contribution in [0.5, 0.6) is 0 Å². The van der Waals surface area contributed by atoms with Crippen molar-refractivity contribution in [1.29, 1.82) is 0 Å². The Bertz CT molecular complexity index is 559. The van der Waals surface area contributed by atoms with Crippen molar-refractivity contribution < 1.29 is 19.1 Å². The first kappa shape index (κ1) is 26.9. The van der Waals surface area contributed by atoms with Crippen molar-refractivity contribution in [1.82, 2.24) is 0 Å². The van der Waals surface area contributed by atoms with Crippen LogP contribution in [0.15, 0.2) is 46.6 Å². The van der Waals surface area contributed by atoms with Gasteiger partial charge in [0.2, 0.25) is 0 Å². The number of ether oxygens (including phenoxy) is 2. The second kappa shape index (κ2) is 16.8. The third kappa shape index (κ3) is 19.0. The normalized spacial score (nSPS) is 11.7. The lowest BCUT2D eigenvalue weighted by Crippen LogP contribution is -2.08. The van der Waals surface area contributed by atoms with Crippen LogP contribution in [0.3, 0.4) is 0 Å². The first-order chi connectivity index (χ1) is 13.7. The minimum absolute atomic E-state index is 0.233. The number of allylic oxidation sites excluding steroid dienone is 6. The van der Waals surface area contributed by atoms with Gasteiger partial charge in [0, 0.05) is 12.8 Å². The van der Waals surface area contributed by atoms with Gasteiger partial charge >= 0.3 is 11.9 Å². The molecule has 0 amide bonds. The van der Waals surface area contributed by atoms with Crippen LogP contribution in [0.25, 0.3) is 0 Å². The van der Waals surface area contributed by atoms with Crippen molar-refractivity contribution >= 4 is 11.9 Å². The zero-order chi connectivity index (χ0) is 22.1. The quantitative estimate of drug-likeness (QED) is 0.241. The first-order valence-corrected chi connectivity index (χ1v) is 10.6. The molecule has 0 aromatic rings. The van der Waals surface area contributed by atoms with Crippen molar-refractivity contribution in [2.24, 2.45) is 0 Å². The fourth-order valence-electron chi connectivity index (χ4n) is 2.46. The van der Waals surface area contributed by atoms with Crippen LogP contribution in [0.4, 0.5) is 0 Å². The van der Waals surface area contributed by atoms with Gasteiger partial charge in [-0.2, -0.15) is 0 Å². The molecule has 0 saturated carbocycles. The Hall–Kier alpha value is -2.10. The minimum Gasteiger partial charge on any atom is -0.461 e. The molecular formula is C25H40O4. The summed E-state index contributed by atoms with van der Waals surface area (Å²) in [7, 11) is 0. The molecule has 0 fully saturated rings. The van der Waals surface area contributed by atoms with E-state index in [1.807, 2.05) is 26.0 Å². The van der Waals surface area contributed by atoms with Crippen molar-refractivity contribution in [3.05, 3.63) is 46.6 Å². The fourth-order valence-corrected chi connectivity index (χ4v) is 2.46. The third-order valence-electron chi connectivity index (χ3n) is 4.30. The minimum atomic E-state index is -0.277. The van der Waals surface area contributed by atoms with Crippen LogP contribution in [0.2, 0.25) is 0 Å². The van der Waals surface area contributed by atoms with Gasteiger partial charge in [-0.05, 0) is 85.8 Å². The topological polar surface area (TPSA) is 52.6 Å². The maximum atomic E-state index is 11.7. The van der Waals surface area contributed by atoms with Gasteiger partial charge in [0.1, 0.15) is 13.2 Å². The summed E-state index contributed by atoms with van der Waals surface area (Å²) in [6.45, 7) is 13.0. The average Bonchev–Trinajstić information content (AvgIpc) is 2.61. The van der Waals surface area contributed by atoms with Gasteiger partial charge in [-0.15, -0.1) is 0 Å². The van der Waals surface area contributed by atoms with E-state index in [0.29, 0.717) is 19.6 Å². The number of hydrogen-bond donors (Lipinski definition) is 0. The second-order valence-corrected chi connectivity index (χ2v) is 7.96. The van der Waals surface area contributed by atoms with Crippen molar-refractivity contribution in [3.63, 3.8) is 0 Å². The van der Waals surface area contributed by atoms with E-state index in [9.17, 15) is 9.59 Å². The summed E-state index contributed by atoms with van der Waals surface area (Å²) in [6, 6.07) is 0. The molecule has 164 valence electrons. The van der Waals surface area contributed by atoms with Crippen LogP contribution in [-0.4, -0.2) is 25.2 Å². The average molecular weight is 405 g/mol. The number of carbonyl (C=O) groups is 2. The molecule has 0 heterocycles. The summed E-state index contributed by atoms with van der Waals surface area (Å²) < 4.78 is 10.4. The summed E-state index contributed by atoms with van der Waals surface area (Å²) in [4.78, 5) is 23.5. The highest BCUT2D eigenvalue weighted by molar-refractivity contribution is 5.72. The standard InChI is InChI=1S/C25H40O4/c1-20(2)10-7-12-22(5)16-18-28-24(26)14-9-15-25(27)29-19-17-23(6)13-8-11-21(3)4/h10-11,16-17H,7-9,12-15,18-19H2,1-6H3/b22-16-,23-17-. The van der Waals surface area contributed by atoms with E-state index in [1.54, 1.807) is 0 Å². The maximum Gasteiger partial charge on any atom is 0.306 e. The summed E-state index contributed by atoms with van der Waals surface area (Å²) in [6.07, 6.45) is 13.1. The smallest absolute Gasteiger partial charge is 0.306 e. The molecule has 0 bridgehead atoms. The third-order valence-corrected chi connectivity index (χ3v) is 4.30. The van der Waals surface area contributed by atoms with Crippen LogP contribution in [0, 0.1) is 0 Å². The van der Waals surface area contributed by atoms with E-state index in [1.165, 1.54) is 22.3 Å². The molecule has 0 unspecified atom stereocenters. The first-order valence-electron chi connectivity index (χ1n) is 10.6. The number of rotatable bonds is 14. The molecule has 4 heteroatoms. The summed E-state index contributed by atoms with van der Waals surface area (Å²) in [5.74, 6) is -0.553. The van der Waals surface area contributed by atoms with Crippen LogP contribution < -0.4 is 0 Å². The lowest BCUT2D eigenvalue weighted by molar-refractivity contribution is -0.144. The zero-order valence-corrected chi connectivity index (χ0v) is 19.3. The van der Waals surface area contributed by atoms with E-state index in [4.69, 9.17) is 9.47 Å². The lowest BCUT2D eigenvalue weighted by atomic mass is 10.1. The van der Waals surface area contributed by atoms with Gasteiger partial charge < -0.3 is 9.47 Å². The Balaban J connectivity index is 3.86. The largest absolute Gasteiger partial charge is 0.461 e. The predicted octanol–water partition coefficient (Wildman–Crippen LogP) is 6.63. The maximum absolute atomic E-state index is 11.7. The van der Waals surface area contributed by atoms with Crippen LogP contribution in [-0.2, 0) is 19.1 Å². The molecule has 0 aromatic heterocycles. The van der Waals surface area contributed by atoms with Gasteiger partial charge in [-0.3, -0.25) is 9.59 Å². The van der Waals surface area contributed by atoms with E-state index < -0.39 is 0 Å². The van der Waals surface area contributed by atoms with Crippen molar-refractivity contribution in [2.45, 2.75) is 86.5 Å². The molecule has 0 atom stereocenters. The molecule has 0 aliphatic carbocycles. The molecule has 29 heavy (non-hydrogen) atoms. The monoisotopic (exact) mass is 404 g/mol. The fraction of sp³-hybridized carbons (Fsp3) is 0.600. The van der Waals surface area contributed by atoms with Crippen LogP contribution >= 0.6 is 0 Å². The molecule has 0 saturated heterocycles. The molecule has 0 radical (unpaired) electrons. The highest BCUT2D eigenvalue weighted by atomic mass is 16.5. The van der Waals surface area contributed by atoms with Gasteiger partial charge in [0.15, 0.2) is 0 Å². The number of carbonyl (C=O) groups excluding carboxylic acids is 2. The van der Waals surface area contributed by atoms with Gasteiger partial charge in [-0.25, -0.2) is 0 Å². The predicted molar refractivity (Wildman–Crippen MR) is 121 cm³/mol. The van der Waals surface area contributed by atoms with Crippen LogP contribution in [0.1, 0.15) is 86.5 Å². The van der Waals surface area contributed by atoms with Gasteiger partial charge in [-0.1, -0.05) is 34.4 Å². The number of hydrogen-bond acceptors (Lipinski definition) is 4. The number of esters is 2. The molecular weight excluding hydrogens is 364 g/mol. The second-order valence-electron chi connectivity index (χ2n) is 7.96. The van der Waals surface area contributed by atoms with Crippen molar-refractivity contribution in [3.8, 4) is 0 Å². The SMILES string of the molecule is CC(C)=CCC/C(C)=C\COC(=O)CCCC(=O)OC/C=C(/C)CCC=C(C)C. The lowest BCUT2D eigenvalue weighted by Gasteiger charge is -2.05. The molecule has 0 aliphatic heterocycles.